The summed E-state index contributed by atoms with van der Waals surface area (Å²) >= 11 is 2.13. The lowest BCUT2D eigenvalue weighted by molar-refractivity contribution is 0.102. The summed E-state index contributed by atoms with van der Waals surface area (Å²) in [4.78, 5) is 16.6. The number of carbonyl (C=O) groups excluding carboxylic acids is 1. The van der Waals surface area contributed by atoms with E-state index >= 15 is 0 Å². The molecule has 6 nitrogen and oxygen atoms in total. The maximum atomic E-state index is 13.9. The predicted octanol–water partition coefficient (Wildman–Crippen LogP) is 4.42. The van der Waals surface area contributed by atoms with Gasteiger partial charge in [0.2, 0.25) is 5.06 Å². The van der Waals surface area contributed by atoms with E-state index in [2.05, 4.69) is 26.9 Å². The summed E-state index contributed by atoms with van der Waals surface area (Å²) in [5, 5.41) is 7.85. The van der Waals surface area contributed by atoms with Crippen molar-refractivity contribution in [2.75, 3.05) is 25.5 Å². The fourth-order valence-corrected chi connectivity index (χ4v) is 3.91. The zero-order chi connectivity index (χ0) is 20.8. The van der Waals surface area contributed by atoms with Crippen molar-refractivity contribution in [1.82, 2.24) is 14.7 Å². The molecule has 2 heterocycles. The van der Waals surface area contributed by atoms with Crippen molar-refractivity contribution < 1.29 is 18.3 Å². The van der Waals surface area contributed by atoms with Crippen molar-refractivity contribution in [3.05, 3.63) is 47.1 Å². The molecular weight excluding hydrogens is 418 g/mol. The third kappa shape index (κ3) is 5.34. The second-order valence-corrected chi connectivity index (χ2v) is 8.05. The van der Waals surface area contributed by atoms with E-state index in [0.29, 0.717) is 23.3 Å². The number of halogens is 2. The quantitative estimate of drug-likeness (QED) is 0.517. The van der Waals surface area contributed by atoms with E-state index in [1.165, 1.54) is 17.6 Å². The molecule has 0 aliphatic heterocycles. The van der Waals surface area contributed by atoms with E-state index in [1.54, 1.807) is 0 Å². The molecule has 154 valence electrons. The number of rotatable bonds is 9. The van der Waals surface area contributed by atoms with Crippen LogP contribution in [0.5, 0.6) is 5.06 Å². The molecule has 0 aliphatic rings. The van der Waals surface area contributed by atoms with Crippen molar-refractivity contribution >= 4 is 34.5 Å². The van der Waals surface area contributed by atoms with Gasteiger partial charge in [-0.05, 0) is 38.1 Å². The lowest BCUT2D eigenvalue weighted by Gasteiger charge is -2.12. The summed E-state index contributed by atoms with van der Waals surface area (Å²) < 4.78 is 37.7. The number of benzene rings is 1. The first-order chi connectivity index (χ1) is 14.0. The van der Waals surface area contributed by atoms with Crippen molar-refractivity contribution in [2.24, 2.45) is 5.92 Å². The molecule has 0 fully saturated rings. The number of nitrogens with zero attached hydrogens (tertiary/aromatic N) is 2. The minimum Gasteiger partial charge on any atom is -0.481 e. The van der Waals surface area contributed by atoms with Gasteiger partial charge in [0.05, 0.1) is 18.4 Å². The van der Waals surface area contributed by atoms with Crippen LogP contribution < -0.4 is 15.4 Å². The Morgan fingerprint density at radius 3 is 2.79 bits per heavy atom. The average Bonchev–Trinajstić information content (AvgIpc) is 3.34. The molecule has 1 unspecified atom stereocenters. The van der Waals surface area contributed by atoms with Gasteiger partial charge in [-0.1, -0.05) is 13.0 Å². The summed E-state index contributed by atoms with van der Waals surface area (Å²) in [6, 6.07) is 3.58. The summed E-state index contributed by atoms with van der Waals surface area (Å²) in [6.45, 7) is 3.47. The average molecular weight is 439 g/mol. The van der Waals surface area contributed by atoms with Crippen molar-refractivity contribution in [2.45, 2.75) is 13.3 Å². The van der Waals surface area contributed by atoms with E-state index in [0.717, 1.165) is 48.0 Å². The van der Waals surface area contributed by atoms with Crippen LogP contribution in [0.25, 0.3) is 10.6 Å². The Kier molecular flexibility index (Phi) is 7.24. The van der Waals surface area contributed by atoms with Gasteiger partial charge in [-0.25, -0.2) is 13.8 Å². The summed E-state index contributed by atoms with van der Waals surface area (Å²) in [6.07, 6.45) is 2.46. The van der Waals surface area contributed by atoms with Crippen LogP contribution in [-0.2, 0) is 0 Å². The van der Waals surface area contributed by atoms with Gasteiger partial charge in [-0.3, -0.25) is 4.79 Å². The molecule has 0 spiro atoms. The van der Waals surface area contributed by atoms with Crippen LogP contribution in [0, 0.1) is 17.6 Å². The first-order valence-corrected chi connectivity index (χ1v) is 10.6. The first kappa shape index (κ1) is 21.3. The number of hydrogen-bond acceptors (Lipinski definition) is 7. The molecule has 0 saturated carbocycles. The third-order valence-electron chi connectivity index (χ3n) is 4.09. The molecule has 0 radical (unpaired) electrons. The molecule has 29 heavy (non-hydrogen) atoms. The summed E-state index contributed by atoms with van der Waals surface area (Å²) in [5.74, 6) is -1.62. The molecule has 10 heteroatoms. The lowest BCUT2D eigenvalue weighted by atomic mass is 10.1. The fraction of sp³-hybridized carbons (Fsp3) is 0.316. The van der Waals surface area contributed by atoms with E-state index in [9.17, 15) is 13.6 Å². The Balaban J connectivity index is 1.66. The highest BCUT2D eigenvalue weighted by molar-refractivity contribution is 7.13. The number of hydrogen-bond donors (Lipinski definition) is 2. The zero-order valence-corrected chi connectivity index (χ0v) is 17.5. The smallest absolute Gasteiger partial charge is 0.275 e. The number of anilines is 1. The van der Waals surface area contributed by atoms with Crippen molar-refractivity contribution in [1.29, 1.82) is 0 Å². The predicted molar refractivity (Wildman–Crippen MR) is 111 cm³/mol. The molecule has 0 aliphatic carbocycles. The maximum absolute atomic E-state index is 13.9. The fourth-order valence-electron chi connectivity index (χ4n) is 2.49. The van der Waals surface area contributed by atoms with E-state index in [4.69, 9.17) is 4.74 Å². The largest absolute Gasteiger partial charge is 0.481 e. The van der Waals surface area contributed by atoms with Gasteiger partial charge in [0.25, 0.3) is 5.91 Å². The molecule has 3 rings (SSSR count). The van der Waals surface area contributed by atoms with Crippen LogP contribution in [0.15, 0.2) is 29.8 Å². The number of aromatic nitrogens is 2. The van der Waals surface area contributed by atoms with Crippen LogP contribution in [0.3, 0.4) is 0 Å². The van der Waals surface area contributed by atoms with Gasteiger partial charge in [-0.2, -0.15) is 4.37 Å². The first-order valence-electron chi connectivity index (χ1n) is 8.93. The Labute approximate surface area is 175 Å². The highest BCUT2D eigenvalue weighted by Crippen LogP contribution is 2.31. The molecule has 0 saturated heterocycles. The number of amides is 1. The van der Waals surface area contributed by atoms with E-state index < -0.39 is 17.5 Å². The van der Waals surface area contributed by atoms with Crippen LogP contribution >= 0.6 is 22.9 Å². The van der Waals surface area contributed by atoms with E-state index in [1.807, 2.05) is 7.05 Å². The molecule has 2 N–H and O–H groups in total. The standard InChI is InChI=1S/C19H20F2N4O2S2/c1-11(6-7-22-2)9-27-19-14(8-23-29-19)24-17(26)15-10-28-18(25-15)16-12(20)4-3-5-13(16)21/h3-5,8,10-11,22H,6-7,9H2,1-2H3,(H,24,26). The highest BCUT2D eigenvalue weighted by Gasteiger charge is 2.19. The Morgan fingerprint density at radius 2 is 2.07 bits per heavy atom. The topological polar surface area (TPSA) is 76.1 Å². The summed E-state index contributed by atoms with van der Waals surface area (Å²) in [7, 11) is 1.90. The van der Waals surface area contributed by atoms with Crippen LogP contribution in [0.4, 0.5) is 14.5 Å². The molecule has 0 bridgehead atoms. The molecule has 1 atom stereocenters. The van der Waals surface area contributed by atoms with Crippen molar-refractivity contribution in [3.8, 4) is 15.6 Å². The van der Waals surface area contributed by atoms with Crippen LogP contribution in [0.1, 0.15) is 23.8 Å². The normalized spacial score (nSPS) is 12.0. The third-order valence-corrected chi connectivity index (χ3v) is 5.66. The minimum atomic E-state index is -0.726. The van der Waals surface area contributed by atoms with Gasteiger partial charge in [0.1, 0.15) is 28.0 Å². The maximum Gasteiger partial charge on any atom is 0.275 e. The minimum absolute atomic E-state index is 0.0622. The Morgan fingerprint density at radius 1 is 1.31 bits per heavy atom. The Bertz CT molecular complexity index is 957. The van der Waals surface area contributed by atoms with Gasteiger partial charge < -0.3 is 15.4 Å². The second-order valence-electron chi connectivity index (χ2n) is 6.42. The second kappa shape index (κ2) is 9.86. The molecule has 1 amide bonds. The van der Waals surface area contributed by atoms with Gasteiger partial charge in [-0.15, -0.1) is 11.3 Å². The SMILES string of the molecule is CNCCC(C)COc1sncc1NC(=O)c1csc(-c2c(F)cccc2F)n1. The summed E-state index contributed by atoms with van der Waals surface area (Å²) in [5.41, 5.74) is 0.257. The van der Waals surface area contributed by atoms with Crippen LogP contribution in [-0.4, -0.2) is 35.5 Å². The molecular formula is C19H20F2N4O2S2. The monoisotopic (exact) mass is 438 g/mol. The van der Waals surface area contributed by atoms with E-state index in [-0.39, 0.29) is 16.3 Å². The number of nitrogens with one attached hydrogen (secondary N) is 2. The highest BCUT2D eigenvalue weighted by atomic mass is 32.1. The van der Waals surface area contributed by atoms with Gasteiger partial charge in [0, 0.05) is 16.9 Å². The zero-order valence-electron chi connectivity index (χ0n) is 15.9. The number of ether oxygens (including phenoxy) is 1. The Hall–Kier alpha value is -2.43. The van der Waals surface area contributed by atoms with Crippen LogP contribution in [0.2, 0.25) is 0 Å². The molecule has 1 aromatic carbocycles. The van der Waals surface area contributed by atoms with Gasteiger partial charge in [0.15, 0.2) is 0 Å². The number of carbonyl (C=O) groups is 1. The molecule has 3 aromatic rings. The lowest BCUT2D eigenvalue weighted by Crippen LogP contribution is -2.17. The molecule has 2 aromatic heterocycles. The van der Waals surface area contributed by atoms with Crippen molar-refractivity contribution in [3.63, 3.8) is 0 Å². The number of thiazole rings is 1. The van der Waals surface area contributed by atoms with Gasteiger partial charge >= 0.3 is 0 Å².